The first-order valence-electron chi connectivity index (χ1n) is 10.6. The van der Waals surface area contributed by atoms with Crippen molar-refractivity contribution in [2.75, 3.05) is 38.6 Å². The number of methoxy groups -OCH3 is 1. The Labute approximate surface area is 178 Å². The summed E-state index contributed by atoms with van der Waals surface area (Å²) in [6.07, 6.45) is 0.852. The quantitative estimate of drug-likeness (QED) is 0.630. The minimum Gasteiger partial charge on any atom is -0.497 e. The topological polar surface area (TPSA) is 70.7 Å². The zero-order chi connectivity index (χ0) is 21.5. The predicted octanol–water partition coefficient (Wildman–Crippen LogP) is 3.51. The third kappa shape index (κ3) is 5.60. The van der Waals surface area contributed by atoms with Crippen LogP contribution in [0.3, 0.4) is 0 Å². The summed E-state index contributed by atoms with van der Waals surface area (Å²) in [5.74, 6) is 0.986. The fourth-order valence-corrected chi connectivity index (χ4v) is 3.61. The van der Waals surface area contributed by atoms with Gasteiger partial charge in [0.2, 0.25) is 5.91 Å². The Balaban J connectivity index is 1.47. The molecule has 1 aliphatic rings. The fourth-order valence-electron chi connectivity index (χ4n) is 3.61. The number of ether oxygens (including phenoxy) is 1. The summed E-state index contributed by atoms with van der Waals surface area (Å²) >= 11 is 0. The van der Waals surface area contributed by atoms with E-state index in [-0.39, 0.29) is 23.7 Å². The SMILES string of the molecule is CCN(CC)CCNC(=O)c1ccc(NC(=O)C2CC2c2ccc(OC)cc2)cc1. The van der Waals surface area contributed by atoms with Gasteiger partial charge in [0.05, 0.1) is 7.11 Å². The maximum atomic E-state index is 12.5. The Hall–Kier alpha value is -2.86. The first-order valence-corrected chi connectivity index (χ1v) is 10.6. The molecule has 3 rings (SSSR count). The maximum absolute atomic E-state index is 12.5. The van der Waals surface area contributed by atoms with Crippen LogP contribution < -0.4 is 15.4 Å². The summed E-state index contributed by atoms with van der Waals surface area (Å²) in [5.41, 5.74) is 2.46. The molecule has 0 aromatic heterocycles. The van der Waals surface area contributed by atoms with Crippen molar-refractivity contribution in [2.24, 2.45) is 5.92 Å². The number of likely N-dealkylation sites (N-methyl/N-ethyl adjacent to an activating group) is 1. The van der Waals surface area contributed by atoms with Gasteiger partial charge < -0.3 is 20.3 Å². The van der Waals surface area contributed by atoms with Gasteiger partial charge in [-0.1, -0.05) is 26.0 Å². The molecule has 0 saturated heterocycles. The van der Waals surface area contributed by atoms with Crippen LogP contribution in [0.2, 0.25) is 0 Å². The molecule has 0 heterocycles. The minimum absolute atomic E-state index is 0.0125. The van der Waals surface area contributed by atoms with Gasteiger partial charge in [-0.05, 0) is 67.4 Å². The number of carbonyl (C=O) groups is 2. The highest BCUT2D eigenvalue weighted by Crippen LogP contribution is 2.48. The van der Waals surface area contributed by atoms with Crippen LogP contribution in [0.5, 0.6) is 5.75 Å². The van der Waals surface area contributed by atoms with E-state index in [4.69, 9.17) is 4.74 Å². The molecule has 6 heteroatoms. The van der Waals surface area contributed by atoms with Gasteiger partial charge >= 0.3 is 0 Å². The highest BCUT2D eigenvalue weighted by atomic mass is 16.5. The number of benzene rings is 2. The average molecular weight is 410 g/mol. The van der Waals surface area contributed by atoms with E-state index in [2.05, 4.69) is 29.4 Å². The number of hydrogen-bond donors (Lipinski definition) is 2. The van der Waals surface area contributed by atoms with Crippen LogP contribution >= 0.6 is 0 Å². The molecule has 2 N–H and O–H groups in total. The molecule has 2 unspecified atom stereocenters. The standard InChI is InChI=1S/C24H31N3O3/c1-4-27(5-2)15-14-25-23(28)18-6-10-19(11-7-18)26-24(29)22-16-21(22)17-8-12-20(30-3)13-9-17/h6-13,21-22H,4-5,14-16H2,1-3H3,(H,25,28)(H,26,29). The molecule has 1 saturated carbocycles. The molecule has 0 radical (unpaired) electrons. The van der Waals surface area contributed by atoms with Crippen molar-refractivity contribution in [3.63, 3.8) is 0 Å². The Morgan fingerprint density at radius 2 is 1.70 bits per heavy atom. The lowest BCUT2D eigenvalue weighted by Gasteiger charge is -2.18. The van der Waals surface area contributed by atoms with E-state index in [9.17, 15) is 9.59 Å². The number of rotatable bonds is 10. The third-order valence-electron chi connectivity index (χ3n) is 5.69. The first kappa shape index (κ1) is 21.8. The van der Waals surface area contributed by atoms with Gasteiger partial charge in [0.1, 0.15) is 5.75 Å². The largest absolute Gasteiger partial charge is 0.497 e. The molecule has 30 heavy (non-hydrogen) atoms. The highest BCUT2D eigenvalue weighted by Gasteiger charge is 2.43. The van der Waals surface area contributed by atoms with E-state index in [0.717, 1.165) is 37.4 Å². The molecule has 1 aliphatic carbocycles. The van der Waals surface area contributed by atoms with Crippen molar-refractivity contribution >= 4 is 17.5 Å². The van der Waals surface area contributed by atoms with E-state index in [1.54, 1.807) is 31.4 Å². The van der Waals surface area contributed by atoms with Crippen molar-refractivity contribution in [1.82, 2.24) is 10.2 Å². The number of carbonyl (C=O) groups excluding carboxylic acids is 2. The van der Waals surface area contributed by atoms with Crippen LogP contribution in [0.25, 0.3) is 0 Å². The van der Waals surface area contributed by atoms with Gasteiger partial charge in [-0.2, -0.15) is 0 Å². The smallest absolute Gasteiger partial charge is 0.251 e. The molecule has 0 aliphatic heterocycles. The summed E-state index contributed by atoms with van der Waals surface area (Å²) in [7, 11) is 1.64. The van der Waals surface area contributed by atoms with E-state index in [1.165, 1.54) is 0 Å². The molecule has 2 amide bonds. The molecule has 6 nitrogen and oxygen atoms in total. The first-order chi connectivity index (χ1) is 14.5. The molecule has 0 spiro atoms. The normalized spacial score (nSPS) is 17.5. The summed E-state index contributed by atoms with van der Waals surface area (Å²) in [4.78, 5) is 27.1. The maximum Gasteiger partial charge on any atom is 0.251 e. The third-order valence-corrected chi connectivity index (χ3v) is 5.69. The van der Waals surface area contributed by atoms with E-state index in [0.29, 0.717) is 17.8 Å². The Bertz CT molecular complexity index is 845. The summed E-state index contributed by atoms with van der Waals surface area (Å²) in [6, 6.07) is 14.9. The van der Waals surface area contributed by atoms with E-state index in [1.807, 2.05) is 24.3 Å². The molecule has 0 bridgehead atoms. The van der Waals surface area contributed by atoms with Crippen LogP contribution in [0.1, 0.15) is 42.1 Å². The second kappa shape index (κ2) is 10.3. The Morgan fingerprint density at radius 1 is 1.03 bits per heavy atom. The van der Waals surface area contributed by atoms with Crippen molar-refractivity contribution in [3.8, 4) is 5.75 Å². The monoisotopic (exact) mass is 409 g/mol. The summed E-state index contributed by atoms with van der Waals surface area (Å²) in [5, 5.41) is 5.91. The molecule has 1 fully saturated rings. The van der Waals surface area contributed by atoms with Crippen LogP contribution in [0.15, 0.2) is 48.5 Å². The molecular weight excluding hydrogens is 378 g/mol. The van der Waals surface area contributed by atoms with Gasteiger partial charge in [-0.25, -0.2) is 0 Å². The molecule has 160 valence electrons. The fraction of sp³-hybridized carbons (Fsp3) is 0.417. The number of nitrogens with one attached hydrogen (secondary N) is 2. The minimum atomic E-state index is -0.0956. The zero-order valence-electron chi connectivity index (χ0n) is 18.0. The summed E-state index contributed by atoms with van der Waals surface area (Å²) in [6.45, 7) is 7.62. The Kier molecular flexibility index (Phi) is 7.46. The lowest BCUT2D eigenvalue weighted by Crippen LogP contribution is -2.34. The number of amides is 2. The van der Waals surface area contributed by atoms with Crippen molar-refractivity contribution < 1.29 is 14.3 Å². The number of anilines is 1. The van der Waals surface area contributed by atoms with E-state index < -0.39 is 0 Å². The predicted molar refractivity (Wildman–Crippen MR) is 119 cm³/mol. The van der Waals surface area contributed by atoms with Gasteiger partial charge in [0, 0.05) is 30.3 Å². The van der Waals surface area contributed by atoms with Crippen LogP contribution in [-0.4, -0.2) is 50.0 Å². The summed E-state index contributed by atoms with van der Waals surface area (Å²) < 4.78 is 5.18. The lowest BCUT2D eigenvalue weighted by molar-refractivity contribution is -0.117. The molecule has 2 aromatic rings. The van der Waals surface area contributed by atoms with Gasteiger partial charge in [0.15, 0.2) is 0 Å². The molecule has 2 atom stereocenters. The Morgan fingerprint density at radius 3 is 2.30 bits per heavy atom. The highest BCUT2D eigenvalue weighted by molar-refractivity contribution is 5.97. The van der Waals surface area contributed by atoms with E-state index >= 15 is 0 Å². The van der Waals surface area contributed by atoms with Crippen molar-refractivity contribution in [2.45, 2.75) is 26.2 Å². The zero-order valence-corrected chi connectivity index (χ0v) is 18.0. The molecular formula is C24H31N3O3. The average Bonchev–Trinajstić information content (AvgIpc) is 3.58. The number of hydrogen-bond acceptors (Lipinski definition) is 4. The van der Waals surface area contributed by atoms with Gasteiger partial charge in [-0.3, -0.25) is 9.59 Å². The van der Waals surface area contributed by atoms with Crippen LogP contribution in [0.4, 0.5) is 5.69 Å². The van der Waals surface area contributed by atoms with Crippen LogP contribution in [-0.2, 0) is 4.79 Å². The van der Waals surface area contributed by atoms with Crippen molar-refractivity contribution in [1.29, 1.82) is 0 Å². The van der Waals surface area contributed by atoms with Gasteiger partial charge in [-0.15, -0.1) is 0 Å². The molecule has 2 aromatic carbocycles. The van der Waals surface area contributed by atoms with Gasteiger partial charge in [0.25, 0.3) is 5.91 Å². The number of nitrogens with zero attached hydrogens (tertiary/aromatic N) is 1. The van der Waals surface area contributed by atoms with Crippen molar-refractivity contribution in [3.05, 3.63) is 59.7 Å². The second-order valence-corrected chi connectivity index (χ2v) is 7.57. The van der Waals surface area contributed by atoms with Crippen LogP contribution in [0, 0.1) is 5.92 Å². The lowest BCUT2D eigenvalue weighted by atomic mass is 10.1. The second-order valence-electron chi connectivity index (χ2n) is 7.57.